The molecule has 2 heterocycles. The standard InChI is InChI=1S/C25H28N2O2S/c28-22-9-5-4-8-21(22)23-10-11-24(30-23)25(29)26-15-12-19-13-16-27(17-14-19)18-20-6-2-1-3-7-20/h1-11,19,28H,12-18H2,(H,26,29). The van der Waals surface area contributed by atoms with Gasteiger partial charge in [-0.05, 0) is 68.1 Å². The SMILES string of the molecule is O=C(NCCC1CCN(Cc2ccccc2)CC1)c1ccc(-c2ccccc2O)s1. The van der Waals surface area contributed by atoms with E-state index in [1.54, 1.807) is 12.1 Å². The summed E-state index contributed by atoms with van der Waals surface area (Å²) in [5, 5.41) is 13.1. The molecule has 0 atom stereocenters. The molecule has 0 spiro atoms. The molecule has 1 amide bonds. The summed E-state index contributed by atoms with van der Waals surface area (Å²) in [5.74, 6) is 0.894. The maximum Gasteiger partial charge on any atom is 0.261 e. The van der Waals surface area contributed by atoms with Gasteiger partial charge in [0.15, 0.2) is 0 Å². The number of piperidine rings is 1. The lowest BCUT2D eigenvalue weighted by atomic mass is 9.93. The molecule has 156 valence electrons. The Hall–Kier alpha value is -2.63. The molecule has 1 fully saturated rings. The molecule has 30 heavy (non-hydrogen) atoms. The van der Waals surface area contributed by atoms with Crippen molar-refractivity contribution in [2.45, 2.75) is 25.8 Å². The van der Waals surface area contributed by atoms with E-state index in [0.717, 1.165) is 36.5 Å². The first kappa shape index (κ1) is 20.6. The maximum atomic E-state index is 12.5. The second kappa shape index (κ2) is 9.92. The van der Waals surface area contributed by atoms with Gasteiger partial charge in [0.25, 0.3) is 5.91 Å². The molecule has 1 aromatic heterocycles. The van der Waals surface area contributed by atoms with Crippen molar-refractivity contribution in [3.8, 4) is 16.2 Å². The number of carbonyl (C=O) groups excluding carboxylic acids is 1. The third kappa shape index (κ3) is 5.29. The van der Waals surface area contributed by atoms with Crippen LogP contribution in [0.15, 0.2) is 66.7 Å². The van der Waals surface area contributed by atoms with Crippen LogP contribution in [0.25, 0.3) is 10.4 Å². The number of hydrogen-bond acceptors (Lipinski definition) is 4. The van der Waals surface area contributed by atoms with E-state index >= 15 is 0 Å². The number of hydrogen-bond donors (Lipinski definition) is 2. The summed E-state index contributed by atoms with van der Waals surface area (Å²) >= 11 is 1.42. The van der Waals surface area contributed by atoms with Crippen LogP contribution in [-0.4, -0.2) is 35.5 Å². The summed E-state index contributed by atoms with van der Waals surface area (Å²) in [6.45, 7) is 4.00. The van der Waals surface area contributed by atoms with Crippen LogP contribution < -0.4 is 5.32 Å². The molecule has 4 rings (SSSR count). The average Bonchev–Trinajstić information content (AvgIpc) is 3.26. The minimum Gasteiger partial charge on any atom is -0.507 e. The number of likely N-dealkylation sites (tertiary alicyclic amines) is 1. The van der Waals surface area contributed by atoms with E-state index in [1.807, 2.05) is 24.3 Å². The third-order valence-electron chi connectivity index (χ3n) is 5.79. The van der Waals surface area contributed by atoms with Gasteiger partial charge in [-0.3, -0.25) is 9.69 Å². The molecule has 3 aromatic rings. The molecule has 1 aliphatic heterocycles. The van der Waals surface area contributed by atoms with Crippen LogP contribution in [-0.2, 0) is 6.54 Å². The predicted octanol–water partition coefficient (Wildman–Crippen LogP) is 5.15. The smallest absolute Gasteiger partial charge is 0.261 e. The Balaban J connectivity index is 1.20. The summed E-state index contributed by atoms with van der Waals surface area (Å²) < 4.78 is 0. The Labute approximate surface area is 182 Å². The van der Waals surface area contributed by atoms with Crippen molar-refractivity contribution in [2.75, 3.05) is 19.6 Å². The molecule has 0 bridgehead atoms. The highest BCUT2D eigenvalue weighted by molar-refractivity contribution is 7.17. The van der Waals surface area contributed by atoms with Crippen LogP contribution in [0, 0.1) is 5.92 Å². The first-order chi connectivity index (χ1) is 14.7. The Morgan fingerprint density at radius 1 is 1.00 bits per heavy atom. The molecule has 4 nitrogen and oxygen atoms in total. The van der Waals surface area contributed by atoms with Crippen molar-refractivity contribution >= 4 is 17.2 Å². The maximum absolute atomic E-state index is 12.5. The van der Waals surface area contributed by atoms with Gasteiger partial charge in [0, 0.05) is 23.5 Å². The first-order valence-electron chi connectivity index (χ1n) is 10.6. The van der Waals surface area contributed by atoms with Crippen molar-refractivity contribution in [3.05, 3.63) is 77.2 Å². The molecule has 2 aromatic carbocycles. The van der Waals surface area contributed by atoms with Crippen LogP contribution >= 0.6 is 11.3 Å². The lowest BCUT2D eigenvalue weighted by Crippen LogP contribution is -2.34. The number of rotatable bonds is 7. The number of carbonyl (C=O) groups is 1. The van der Waals surface area contributed by atoms with Crippen molar-refractivity contribution in [1.29, 1.82) is 0 Å². The zero-order valence-electron chi connectivity index (χ0n) is 17.1. The van der Waals surface area contributed by atoms with Crippen molar-refractivity contribution < 1.29 is 9.90 Å². The molecule has 1 saturated heterocycles. The Morgan fingerprint density at radius 3 is 2.50 bits per heavy atom. The topological polar surface area (TPSA) is 52.6 Å². The first-order valence-corrected chi connectivity index (χ1v) is 11.4. The van der Waals surface area contributed by atoms with Crippen LogP contribution in [0.5, 0.6) is 5.75 Å². The summed E-state index contributed by atoms with van der Waals surface area (Å²) in [4.78, 5) is 16.6. The van der Waals surface area contributed by atoms with Gasteiger partial charge < -0.3 is 10.4 Å². The van der Waals surface area contributed by atoms with Gasteiger partial charge >= 0.3 is 0 Å². The normalized spacial score (nSPS) is 15.2. The second-order valence-corrected chi connectivity index (χ2v) is 9.01. The highest BCUT2D eigenvalue weighted by atomic mass is 32.1. The zero-order chi connectivity index (χ0) is 20.8. The monoisotopic (exact) mass is 420 g/mol. The number of para-hydroxylation sites is 1. The number of nitrogens with one attached hydrogen (secondary N) is 1. The minimum atomic E-state index is -0.0248. The predicted molar refractivity (Wildman–Crippen MR) is 123 cm³/mol. The quantitative estimate of drug-likeness (QED) is 0.556. The molecule has 0 saturated carbocycles. The highest BCUT2D eigenvalue weighted by Gasteiger charge is 2.19. The number of phenolic OH excluding ortho intramolecular Hbond substituents is 1. The number of nitrogens with zero attached hydrogens (tertiary/aromatic N) is 1. The molecular formula is C25H28N2O2S. The Bertz CT molecular complexity index is 962. The fourth-order valence-electron chi connectivity index (χ4n) is 4.04. The van der Waals surface area contributed by atoms with Gasteiger partial charge in [0.2, 0.25) is 0 Å². The molecular weight excluding hydrogens is 392 g/mol. The zero-order valence-corrected chi connectivity index (χ0v) is 17.9. The van der Waals surface area contributed by atoms with Gasteiger partial charge in [-0.25, -0.2) is 0 Å². The number of benzene rings is 2. The van der Waals surface area contributed by atoms with E-state index in [-0.39, 0.29) is 11.7 Å². The van der Waals surface area contributed by atoms with E-state index < -0.39 is 0 Å². The van der Waals surface area contributed by atoms with Gasteiger partial charge in [-0.1, -0.05) is 42.5 Å². The number of amides is 1. The van der Waals surface area contributed by atoms with E-state index in [4.69, 9.17) is 0 Å². The summed E-state index contributed by atoms with van der Waals surface area (Å²) in [7, 11) is 0. The summed E-state index contributed by atoms with van der Waals surface area (Å²) in [6, 6.07) is 21.6. The molecule has 1 aliphatic rings. The molecule has 0 radical (unpaired) electrons. The van der Waals surface area contributed by atoms with Crippen molar-refractivity contribution in [2.24, 2.45) is 5.92 Å². The largest absolute Gasteiger partial charge is 0.507 e. The fourth-order valence-corrected chi connectivity index (χ4v) is 4.99. The van der Waals surface area contributed by atoms with Crippen LogP contribution in [0.4, 0.5) is 0 Å². The lowest BCUT2D eigenvalue weighted by Gasteiger charge is -2.32. The number of aromatic hydroxyl groups is 1. The van der Waals surface area contributed by atoms with Gasteiger partial charge in [-0.15, -0.1) is 11.3 Å². The van der Waals surface area contributed by atoms with Crippen molar-refractivity contribution in [3.63, 3.8) is 0 Å². The molecule has 0 unspecified atom stereocenters. The van der Waals surface area contributed by atoms with E-state index in [0.29, 0.717) is 17.3 Å². The van der Waals surface area contributed by atoms with E-state index in [2.05, 4.69) is 40.5 Å². The van der Waals surface area contributed by atoms with Gasteiger partial charge in [-0.2, -0.15) is 0 Å². The van der Waals surface area contributed by atoms with E-state index in [1.165, 1.54) is 29.7 Å². The number of thiophene rings is 1. The highest BCUT2D eigenvalue weighted by Crippen LogP contribution is 2.34. The minimum absolute atomic E-state index is 0.0248. The van der Waals surface area contributed by atoms with Crippen LogP contribution in [0.1, 0.15) is 34.5 Å². The summed E-state index contributed by atoms with van der Waals surface area (Å²) in [5.41, 5.74) is 2.14. The molecule has 5 heteroatoms. The van der Waals surface area contributed by atoms with Gasteiger partial charge in [0.1, 0.15) is 5.75 Å². The molecule has 2 N–H and O–H groups in total. The van der Waals surface area contributed by atoms with E-state index in [9.17, 15) is 9.90 Å². The second-order valence-electron chi connectivity index (χ2n) is 7.93. The Morgan fingerprint density at radius 2 is 1.73 bits per heavy atom. The molecule has 0 aliphatic carbocycles. The van der Waals surface area contributed by atoms with Crippen LogP contribution in [0.3, 0.4) is 0 Å². The fraction of sp³-hybridized carbons (Fsp3) is 0.320. The summed E-state index contributed by atoms with van der Waals surface area (Å²) in [6.07, 6.45) is 3.42. The third-order valence-corrected chi connectivity index (χ3v) is 6.91. The van der Waals surface area contributed by atoms with Crippen molar-refractivity contribution in [1.82, 2.24) is 10.2 Å². The average molecular weight is 421 g/mol. The lowest BCUT2D eigenvalue weighted by molar-refractivity contribution is 0.0951. The van der Waals surface area contributed by atoms with Gasteiger partial charge in [0.05, 0.1) is 4.88 Å². The Kier molecular flexibility index (Phi) is 6.82. The van der Waals surface area contributed by atoms with Crippen LogP contribution in [0.2, 0.25) is 0 Å². The number of phenols is 1.